The molecule has 0 spiro atoms. The highest BCUT2D eigenvalue weighted by Gasteiger charge is 2.35. The van der Waals surface area contributed by atoms with E-state index in [2.05, 4.69) is 10.2 Å². The summed E-state index contributed by atoms with van der Waals surface area (Å²) in [5.74, 6) is 1.56. The van der Waals surface area contributed by atoms with Gasteiger partial charge in [-0.15, -0.1) is 0 Å². The molecule has 0 amide bonds. The quantitative estimate of drug-likeness (QED) is 0.839. The smallest absolute Gasteiger partial charge is 0.126 e. The van der Waals surface area contributed by atoms with Crippen LogP contribution in [0.25, 0.3) is 0 Å². The Morgan fingerprint density at radius 1 is 1.29 bits per heavy atom. The summed E-state index contributed by atoms with van der Waals surface area (Å²) >= 11 is 0. The van der Waals surface area contributed by atoms with E-state index in [1.807, 2.05) is 19.1 Å². The second-order valence-corrected chi connectivity index (χ2v) is 5.46. The molecular weight excluding hydrogens is 215 g/mol. The van der Waals surface area contributed by atoms with E-state index >= 15 is 0 Å². The zero-order valence-corrected chi connectivity index (χ0v) is 10.2. The molecule has 0 radical (unpaired) electrons. The Balaban J connectivity index is 1.65. The summed E-state index contributed by atoms with van der Waals surface area (Å²) in [4.78, 5) is 2.50. The van der Waals surface area contributed by atoms with E-state index in [-0.39, 0.29) is 5.82 Å². The van der Waals surface area contributed by atoms with E-state index in [0.29, 0.717) is 0 Å². The van der Waals surface area contributed by atoms with Gasteiger partial charge in [-0.1, -0.05) is 12.1 Å². The maximum absolute atomic E-state index is 13.2. The molecule has 0 bridgehead atoms. The molecule has 17 heavy (non-hydrogen) atoms. The van der Waals surface area contributed by atoms with Crippen LogP contribution in [0, 0.1) is 24.6 Å². The molecule has 2 atom stereocenters. The molecule has 1 aromatic rings. The van der Waals surface area contributed by atoms with E-state index in [0.717, 1.165) is 23.9 Å². The molecule has 1 aromatic carbocycles. The first-order chi connectivity index (χ1) is 8.22. The topological polar surface area (TPSA) is 15.3 Å². The first-order valence-corrected chi connectivity index (χ1v) is 6.40. The lowest BCUT2D eigenvalue weighted by Crippen LogP contribution is -2.25. The summed E-state index contributed by atoms with van der Waals surface area (Å²) in [5, 5.41) is 3.45. The fourth-order valence-electron chi connectivity index (χ4n) is 3.14. The molecular formula is C14H19FN2. The fourth-order valence-corrected chi connectivity index (χ4v) is 3.14. The number of aryl methyl sites for hydroxylation is 1. The number of halogens is 1. The first-order valence-electron chi connectivity index (χ1n) is 6.40. The fraction of sp³-hybridized carbons (Fsp3) is 0.571. The maximum atomic E-state index is 13.2. The molecule has 0 aromatic heterocycles. The highest BCUT2D eigenvalue weighted by atomic mass is 19.1. The molecule has 92 valence electrons. The minimum Gasteiger partial charge on any atom is -0.316 e. The Hall–Kier alpha value is -0.930. The predicted octanol–water partition coefficient (Wildman–Crippen LogP) is 1.79. The van der Waals surface area contributed by atoms with Crippen LogP contribution in [0.1, 0.15) is 11.1 Å². The van der Waals surface area contributed by atoms with Gasteiger partial charge in [-0.3, -0.25) is 4.90 Å². The van der Waals surface area contributed by atoms with Crippen LogP contribution in [0.15, 0.2) is 18.2 Å². The summed E-state index contributed by atoms with van der Waals surface area (Å²) in [6, 6.07) is 5.47. The molecule has 2 unspecified atom stereocenters. The van der Waals surface area contributed by atoms with Gasteiger partial charge in [-0.2, -0.15) is 0 Å². The Bertz CT molecular complexity index is 407. The molecule has 3 rings (SSSR count). The number of benzene rings is 1. The molecule has 0 saturated carbocycles. The van der Waals surface area contributed by atoms with Gasteiger partial charge in [0.1, 0.15) is 5.82 Å². The molecule has 2 fully saturated rings. The van der Waals surface area contributed by atoms with Crippen molar-refractivity contribution in [3.05, 3.63) is 35.1 Å². The van der Waals surface area contributed by atoms with Crippen molar-refractivity contribution in [2.24, 2.45) is 11.8 Å². The van der Waals surface area contributed by atoms with Crippen LogP contribution < -0.4 is 5.32 Å². The zero-order valence-electron chi connectivity index (χ0n) is 10.2. The van der Waals surface area contributed by atoms with Gasteiger partial charge in [0, 0.05) is 19.6 Å². The number of rotatable bonds is 2. The second kappa shape index (κ2) is 4.39. The summed E-state index contributed by atoms with van der Waals surface area (Å²) in [5.41, 5.74) is 1.99. The molecule has 2 saturated heterocycles. The first kappa shape index (κ1) is 11.2. The van der Waals surface area contributed by atoms with Gasteiger partial charge >= 0.3 is 0 Å². The highest BCUT2D eigenvalue weighted by molar-refractivity contribution is 5.24. The molecule has 2 aliphatic heterocycles. The third-order valence-corrected chi connectivity index (χ3v) is 4.09. The molecule has 1 N–H and O–H groups in total. The maximum Gasteiger partial charge on any atom is 0.126 e. The van der Waals surface area contributed by atoms with Crippen LogP contribution in [0.4, 0.5) is 4.39 Å². The van der Waals surface area contributed by atoms with Crippen molar-refractivity contribution in [1.82, 2.24) is 10.2 Å². The van der Waals surface area contributed by atoms with Gasteiger partial charge in [0.25, 0.3) is 0 Å². The van der Waals surface area contributed by atoms with Crippen molar-refractivity contribution in [2.75, 3.05) is 26.2 Å². The Kier molecular flexibility index (Phi) is 2.89. The van der Waals surface area contributed by atoms with E-state index < -0.39 is 0 Å². The number of fused-ring (bicyclic) bond motifs is 1. The second-order valence-electron chi connectivity index (χ2n) is 5.46. The number of hydrogen-bond acceptors (Lipinski definition) is 2. The Labute approximate surface area is 102 Å². The Morgan fingerprint density at radius 2 is 2.00 bits per heavy atom. The van der Waals surface area contributed by atoms with Crippen molar-refractivity contribution in [1.29, 1.82) is 0 Å². The van der Waals surface area contributed by atoms with E-state index in [9.17, 15) is 4.39 Å². The predicted molar refractivity (Wildman–Crippen MR) is 66.3 cm³/mol. The van der Waals surface area contributed by atoms with Crippen LogP contribution in [0.5, 0.6) is 0 Å². The van der Waals surface area contributed by atoms with Crippen molar-refractivity contribution >= 4 is 0 Å². The lowest BCUT2D eigenvalue weighted by molar-refractivity contribution is 0.305. The Morgan fingerprint density at radius 3 is 2.65 bits per heavy atom. The molecule has 3 heteroatoms. The largest absolute Gasteiger partial charge is 0.316 e. The average molecular weight is 234 g/mol. The lowest BCUT2D eigenvalue weighted by atomic mass is 10.0. The zero-order chi connectivity index (χ0) is 11.8. The molecule has 2 heterocycles. The van der Waals surface area contributed by atoms with Gasteiger partial charge in [0.15, 0.2) is 0 Å². The van der Waals surface area contributed by atoms with Gasteiger partial charge in [0.05, 0.1) is 0 Å². The van der Waals surface area contributed by atoms with Crippen LogP contribution in [0.2, 0.25) is 0 Å². The minimum absolute atomic E-state index is 0.101. The van der Waals surface area contributed by atoms with Crippen molar-refractivity contribution in [3.63, 3.8) is 0 Å². The van der Waals surface area contributed by atoms with Gasteiger partial charge in [0.2, 0.25) is 0 Å². The van der Waals surface area contributed by atoms with Crippen LogP contribution >= 0.6 is 0 Å². The summed E-state index contributed by atoms with van der Waals surface area (Å²) in [6.07, 6.45) is 0. The van der Waals surface area contributed by atoms with Crippen molar-refractivity contribution < 1.29 is 4.39 Å². The SMILES string of the molecule is Cc1cc(CN2CC3CNCC3C2)ccc1F. The third kappa shape index (κ3) is 2.22. The van der Waals surface area contributed by atoms with E-state index in [1.165, 1.54) is 31.7 Å². The normalized spacial score (nSPS) is 28.6. The summed E-state index contributed by atoms with van der Waals surface area (Å²) in [7, 11) is 0. The standard InChI is InChI=1S/C14H19FN2/c1-10-4-11(2-3-14(10)15)7-17-8-12-5-16-6-13(12)9-17/h2-4,12-13,16H,5-9H2,1H3. The number of nitrogens with one attached hydrogen (secondary N) is 1. The van der Waals surface area contributed by atoms with Gasteiger partial charge in [-0.05, 0) is 49.0 Å². The summed E-state index contributed by atoms with van der Waals surface area (Å²) < 4.78 is 13.2. The van der Waals surface area contributed by atoms with Gasteiger partial charge < -0.3 is 5.32 Å². The molecule has 0 aliphatic carbocycles. The van der Waals surface area contributed by atoms with Crippen LogP contribution in [-0.4, -0.2) is 31.1 Å². The molecule has 2 aliphatic rings. The summed E-state index contributed by atoms with van der Waals surface area (Å²) in [6.45, 7) is 7.52. The lowest BCUT2D eigenvalue weighted by Gasteiger charge is -2.17. The van der Waals surface area contributed by atoms with Crippen LogP contribution in [0.3, 0.4) is 0 Å². The average Bonchev–Trinajstić information content (AvgIpc) is 2.84. The molecule has 2 nitrogen and oxygen atoms in total. The number of nitrogens with zero attached hydrogens (tertiary/aromatic N) is 1. The monoisotopic (exact) mass is 234 g/mol. The number of hydrogen-bond donors (Lipinski definition) is 1. The van der Waals surface area contributed by atoms with E-state index in [4.69, 9.17) is 0 Å². The minimum atomic E-state index is -0.101. The van der Waals surface area contributed by atoms with E-state index in [1.54, 1.807) is 6.07 Å². The highest BCUT2D eigenvalue weighted by Crippen LogP contribution is 2.27. The van der Waals surface area contributed by atoms with Crippen molar-refractivity contribution in [2.45, 2.75) is 13.5 Å². The van der Waals surface area contributed by atoms with Gasteiger partial charge in [-0.25, -0.2) is 4.39 Å². The third-order valence-electron chi connectivity index (χ3n) is 4.09. The van der Waals surface area contributed by atoms with Crippen LogP contribution in [-0.2, 0) is 6.54 Å². The van der Waals surface area contributed by atoms with Crippen molar-refractivity contribution in [3.8, 4) is 0 Å². The number of likely N-dealkylation sites (tertiary alicyclic amines) is 1.